The van der Waals surface area contributed by atoms with Gasteiger partial charge in [0.15, 0.2) is 6.04 Å². The number of halogens is 4. The van der Waals surface area contributed by atoms with E-state index in [9.17, 15) is 14.9 Å². The summed E-state index contributed by atoms with van der Waals surface area (Å²) in [7, 11) is 0. The largest absolute Gasteiger partial charge is 0.394 e. The zero-order valence-corrected chi connectivity index (χ0v) is 14.9. The predicted octanol–water partition coefficient (Wildman–Crippen LogP) is 4.87. The van der Waals surface area contributed by atoms with E-state index in [1.54, 1.807) is 0 Å². The van der Waals surface area contributed by atoms with Crippen LogP contribution in [0.5, 0.6) is 0 Å². The molecule has 0 saturated heterocycles. The molecule has 0 heterocycles. The molecule has 9 heteroatoms. The van der Waals surface area contributed by atoms with Crippen LogP contribution in [-0.4, -0.2) is 15.3 Å². The first-order valence-corrected chi connectivity index (χ1v) is 8.07. The van der Waals surface area contributed by atoms with Gasteiger partial charge in [-0.2, -0.15) is 0 Å². The summed E-state index contributed by atoms with van der Waals surface area (Å²) in [5.41, 5.74) is 0.592. The lowest BCUT2D eigenvalue weighted by Crippen LogP contribution is -2.43. The molecule has 0 aliphatic carbocycles. The van der Waals surface area contributed by atoms with Gasteiger partial charge in [-0.3, -0.25) is 14.9 Å². The Hall–Kier alpha value is -1.53. The van der Waals surface area contributed by atoms with Gasteiger partial charge in [-0.15, -0.1) is 0 Å². The number of nitrogens with one attached hydrogen (secondary N) is 1. The normalized spacial score (nSPS) is 12.5. The summed E-state index contributed by atoms with van der Waals surface area (Å²) in [6, 6.07) is 10.7. The van der Waals surface area contributed by atoms with Crippen molar-refractivity contribution >= 4 is 52.3 Å². The van der Waals surface area contributed by atoms with Gasteiger partial charge in [0.05, 0.1) is 4.92 Å². The molecule has 1 unspecified atom stereocenters. The van der Waals surface area contributed by atoms with E-state index in [0.29, 0.717) is 15.6 Å². The fourth-order valence-electron chi connectivity index (χ4n) is 1.95. The molecule has 1 N–H and O–H groups in total. The van der Waals surface area contributed by atoms with E-state index in [4.69, 9.17) is 46.4 Å². The molecule has 0 aliphatic heterocycles. The first kappa shape index (κ1) is 18.8. The summed E-state index contributed by atoms with van der Waals surface area (Å²) >= 11 is 23.3. The van der Waals surface area contributed by atoms with Crippen molar-refractivity contribution in [1.82, 2.24) is 5.32 Å². The topological polar surface area (TPSA) is 72.2 Å². The second-order valence-corrected chi connectivity index (χ2v) is 7.03. The highest BCUT2D eigenvalue weighted by Gasteiger charge is 2.49. The predicted molar refractivity (Wildman–Crippen MR) is 94.5 cm³/mol. The molecule has 0 aromatic heterocycles. The van der Waals surface area contributed by atoms with Crippen molar-refractivity contribution in [2.24, 2.45) is 0 Å². The van der Waals surface area contributed by atoms with Crippen molar-refractivity contribution in [3.8, 4) is 0 Å². The second-order valence-electron chi connectivity index (χ2n) is 4.81. The Balaban J connectivity index is 2.35. The maximum Gasteiger partial charge on any atom is 0.394 e. The number of nitro groups is 1. The minimum Gasteiger partial charge on any atom is -0.336 e. The van der Waals surface area contributed by atoms with E-state index in [1.807, 2.05) is 0 Å². The summed E-state index contributed by atoms with van der Waals surface area (Å²) in [6.45, 7) is 0. The van der Waals surface area contributed by atoms with Gasteiger partial charge in [-0.25, -0.2) is 0 Å². The van der Waals surface area contributed by atoms with E-state index in [2.05, 4.69) is 5.32 Å². The average molecular weight is 408 g/mol. The van der Waals surface area contributed by atoms with Crippen LogP contribution in [-0.2, 0) is 0 Å². The zero-order valence-electron chi connectivity index (χ0n) is 11.9. The van der Waals surface area contributed by atoms with Gasteiger partial charge in [-0.05, 0) is 65.2 Å². The van der Waals surface area contributed by atoms with Gasteiger partial charge >= 0.3 is 4.46 Å². The van der Waals surface area contributed by atoms with E-state index in [1.165, 1.54) is 48.5 Å². The summed E-state index contributed by atoms with van der Waals surface area (Å²) in [4.78, 5) is 22.7. The molecule has 0 bridgehead atoms. The van der Waals surface area contributed by atoms with Gasteiger partial charge in [-0.1, -0.05) is 35.3 Å². The molecular formula is C15H10Cl4N2O3. The second kappa shape index (κ2) is 7.57. The van der Waals surface area contributed by atoms with Gasteiger partial charge in [0.2, 0.25) is 0 Å². The first-order valence-electron chi connectivity index (χ1n) is 6.56. The highest BCUT2D eigenvalue weighted by atomic mass is 35.5. The molecule has 5 nitrogen and oxygen atoms in total. The third-order valence-corrected chi connectivity index (χ3v) is 4.39. The Labute approximate surface area is 157 Å². The Kier molecular flexibility index (Phi) is 5.93. The quantitative estimate of drug-likeness (QED) is 0.332. The summed E-state index contributed by atoms with van der Waals surface area (Å²) in [6.07, 6.45) is 0. The van der Waals surface area contributed by atoms with E-state index >= 15 is 0 Å². The first-order chi connectivity index (χ1) is 11.2. The third-order valence-electron chi connectivity index (χ3n) is 3.18. The molecule has 1 atom stereocenters. The SMILES string of the molecule is O=C(NC(c1ccc(Cl)cc1)C(Cl)(Cl)[N+](=O)[O-])c1ccc(Cl)cc1. The van der Waals surface area contributed by atoms with Crippen LogP contribution in [0.1, 0.15) is 22.0 Å². The standard InChI is InChI=1S/C15H10Cl4N2O3/c16-11-5-1-9(2-6-11)13(15(18,19)21(23)24)20-14(22)10-3-7-12(17)8-4-10/h1-8,13H,(H,20,22). The molecule has 0 fully saturated rings. The highest BCUT2D eigenvalue weighted by Crippen LogP contribution is 2.37. The lowest BCUT2D eigenvalue weighted by Gasteiger charge is -2.24. The molecule has 24 heavy (non-hydrogen) atoms. The smallest absolute Gasteiger partial charge is 0.336 e. The fraction of sp³-hybridized carbons (Fsp3) is 0.133. The Bertz CT molecular complexity index is 748. The molecule has 126 valence electrons. The number of benzene rings is 2. The molecule has 0 radical (unpaired) electrons. The van der Waals surface area contributed by atoms with Crippen LogP contribution in [0.3, 0.4) is 0 Å². The van der Waals surface area contributed by atoms with Gasteiger partial charge in [0.25, 0.3) is 5.91 Å². The number of hydrogen-bond acceptors (Lipinski definition) is 3. The van der Waals surface area contributed by atoms with Crippen molar-refractivity contribution in [2.75, 3.05) is 0 Å². The van der Waals surface area contributed by atoms with Crippen molar-refractivity contribution in [1.29, 1.82) is 0 Å². The van der Waals surface area contributed by atoms with Gasteiger partial charge < -0.3 is 5.32 Å². The monoisotopic (exact) mass is 406 g/mol. The number of carbonyl (C=O) groups excluding carboxylic acids is 1. The van der Waals surface area contributed by atoms with Gasteiger partial charge in [0, 0.05) is 15.6 Å². The maximum atomic E-state index is 12.4. The molecule has 2 aromatic carbocycles. The van der Waals surface area contributed by atoms with Crippen LogP contribution in [0, 0.1) is 10.1 Å². The summed E-state index contributed by atoms with van der Waals surface area (Å²) in [5, 5.41) is 14.6. The van der Waals surface area contributed by atoms with E-state index in [0.717, 1.165) is 0 Å². The Morgan fingerprint density at radius 2 is 1.46 bits per heavy atom. The Morgan fingerprint density at radius 3 is 1.92 bits per heavy atom. The van der Waals surface area contributed by atoms with Crippen LogP contribution < -0.4 is 5.32 Å². The summed E-state index contributed by atoms with van der Waals surface area (Å²) in [5.74, 6) is -0.584. The summed E-state index contributed by atoms with van der Waals surface area (Å²) < 4.78 is -2.46. The van der Waals surface area contributed by atoms with Crippen molar-refractivity contribution in [3.05, 3.63) is 79.8 Å². The van der Waals surface area contributed by atoms with Crippen LogP contribution >= 0.6 is 46.4 Å². The average Bonchev–Trinajstić information content (AvgIpc) is 2.53. The highest BCUT2D eigenvalue weighted by molar-refractivity contribution is 6.47. The van der Waals surface area contributed by atoms with Crippen LogP contribution in [0.2, 0.25) is 10.0 Å². The number of amides is 1. The Morgan fingerprint density at radius 1 is 1.00 bits per heavy atom. The van der Waals surface area contributed by atoms with E-state index < -0.39 is 21.3 Å². The molecule has 2 rings (SSSR count). The number of alkyl halides is 2. The molecule has 0 aliphatic rings. The molecular weight excluding hydrogens is 398 g/mol. The maximum absolute atomic E-state index is 12.4. The van der Waals surface area contributed by atoms with Crippen LogP contribution in [0.4, 0.5) is 0 Å². The van der Waals surface area contributed by atoms with Crippen molar-refractivity contribution in [3.63, 3.8) is 0 Å². The number of hydrogen-bond donors (Lipinski definition) is 1. The molecule has 1 amide bonds. The van der Waals surface area contributed by atoms with Crippen molar-refractivity contribution < 1.29 is 9.72 Å². The molecule has 0 spiro atoms. The van der Waals surface area contributed by atoms with E-state index in [-0.39, 0.29) is 5.56 Å². The number of nitrogens with zero attached hydrogens (tertiary/aromatic N) is 1. The molecule has 0 saturated carbocycles. The minimum absolute atomic E-state index is 0.255. The molecule has 2 aromatic rings. The number of rotatable bonds is 5. The zero-order chi connectivity index (χ0) is 17.9. The lowest BCUT2D eigenvalue weighted by atomic mass is 10.1. The third kappa shape index (κ3) is 4.30. The number of carbonyl (C=O) groups is 1. The van der Waals surface area contributed by atoms with Crippen molar-refractivity contribution in [2.45, 2.75) is 10.5 Å². The fourth-order valence-corrected chi connectivity index (χ4v) is 2.56. The van der Waals surface area contributed by atoms with Crippen LogP contribution in [0.15, 0.2) is 48.5 Å². The van der Waals surface area contributed by atoms with Gasteiger partial charge in [0.1, 0.15) is 0 Å². The van der Waals surface area contributed by atoms with Crippen LogP contribution in [0.25, 0.3) is 0 Å². The lowest BCUT2D eigenvalue weighted by molar-refractivity contribution is -0.521. The minimum atomic E-state index is -2.46.